The number of aryl methyl sites for hydroxylation is 2. The van der Waals surface area contributed by atoms with Crippen LogP contribution in [0.3, 0.4) is 0 Å². The van der Waals surface area contributed by atoms with Gasteiger partial charge in [-0.25, -0.2) is 4.98 Å². The molecule has 0 aliphatic heterocycles. The van der Waals surface area contributed by atoms with Gasteiger partial charge >= 0.3 is 5.97 Å². The Balaban J connectivity index is 2.03. The Labute approximate surface area is 149 Å². The van der Waals surface area contributed by atoms with Crippen molar-refractivity contribution in [3.63, 3.8) is 0 Å². The number of amides is 1. The van der Waals surface area contributed by atoms with Crippen LogP contribution in [0.15, 0.2) is 24.3 Å². The lowest BCUT2D eigenvalue weighted by atomic mass is 10.1. The average Bonchev–Trinajstić information content (AvgIpc) is 2.85. The molecule has 1 amide bonds. The molecule has 7 nitrogen and oxygen atoms in total. The van der Waals surface area contributed by atoms with Gasteiger partial charge in [-0.05, 0) is 26.3 Å². The number of carbonyl (C=O) groups is 2. The minimum atomic E-state index is -1.03. The number of anilines is 2. The first-order valence-electron chi connectivity index (χ1n) is 7.86. The van der Waals surface area contributed by atoms with Crippen molar-refractivity contribution in [1.29, 1.82) is 0 Å². The van der Waals surface area contributed by atoms with Crippen LogP contribution < -0.4 is 10.6 Å². The number of aliphatic hydroxyl groups excluding tert-OH is 1. The largest absolute Gasteiger partial charge is 0.481 e. The Morgan fingerprint density at radius 1 is 1.24 bits per heavy atom. The van der Waals surface area contributed by atoms with Crippen molar-refractivity contribution in [1.82, 2.24) is 4.98 Å². The van der Waals surface area contributed by atoms with Crippen LogP contribution in [0, 0.1) is 13.8 Å². The van der Waals surface area contributed by atoms with Gasteiger partial charge in [0.05, 0.1) is 5.69 Å². The topological polar surface area (TPSA) is 112 Å². The first-order valence-corrected chi connectivity index (χ1v) is 8.67. The second-order valence-electron chi connectivity index (χ2n) is 5.59. The van der Waals surface area contributed by atoms with Crippen molar-refractivity contribution < 1.29 is 19.8 Å². The molecule has 0 spiro atoms. The maximum absolute atomic E-state index is 12.0. The lowest BCUT2D eigenvalue weighted by molar-refractivity contribution is -0.137. The van der Waals surface area contributed by atoms with E-state index in [4.69, 9.17) is 5.11 Å². The highest BCUT2D eigenvalue weighted by molar-refractivity contribution is 7.15. The van der Waals surface area contributed by atoms with Crippen molar-refractivity contribution in [2.75, 3.05) is 10.6 Å². The fourth-order valence-electron chi connectivity index (χ4n) is 2.19. The highest BCUT2D eigenvalue weighted by atomic mass is 32.1. The molecule has 0 aliphatic rings. The number of carboxylic acids is 1. The summed E-state index contributed by atoms with van der Waals surface area (Å²) in [6, 6.07) is 6.91. The highest BCUT2D eigenvalue weighted by Gasteiger charge is 2.16. The Bertz CT molecular complexity index is 741. The number of benzene rings is 1. The van der Waals surface area contributed by atoms with E-state index in [1.165, 1.54) is 11.3 Å². The van der Waals surface area contributed by atoms with Crippen molar-refractivity contribution in [3.05, 3.63) is 40.4 Å². The summed E-state index contributed by atoms with van der Waals surface area (Å²) in [4.78, 5) is 27.9. The summed E-state index contributed by atoms with van der Waals surface area (Å²) in [7, 11) is 0. The number of nitrogens with zero attached hydrogens (tertiary/aromatic N) is 1. The smallest absolute Gasteiger partial charge is 0.303 e. The third-order valence-corrected chi connectivity index (χ3v) is 4.62. The molecule has 1 heterocycles. The summed E-state index contributed by atoms with van der Waals surface area (Å²) in [5, 5.41) is 25.3. The Kier molecular flexibility index (Phi) is 6.49. The van der Waals surface area contributed by atoms with Gasteiger partial charge in [-0.2, -0.15) is 0 Å². The second kappa shape index (κ2) is 8.59. The molecule has 1 aromatic heterocycles. The van der Waals surface area contributed by atoms with E-state index < -0.39 is 12.2 Å². The van der Waals surface area contributed by atoms with E-state index in [1.807, 2.05) is 13.8 Å². The Morgan fingerprint density at radius 3 is 2.60 bits per heavy atom. The Hall–Kier alpha value is -2.45. The van der Waals surface area contributed by atoms with Crippen molar-refractivity contribution >= 4 is 34.0 Å². The SMILES string of the molecule is Cc1nc(NC(O)c2ccccc2NC(=O)CCCC(=O)O)sc1C. The van der Waals surface area contributed by atoms with E-state index in [2.05, 4.69) is 15.6 Å². The number of para-hydroxylation sites is 1. The molecule has 2 rings (SSSR count). The summed E-state index contributed by atoms with van der Waals surface area (Å²) in [6.07, 6.45) is -0.709. The van der Waals surface area contributed by atoms with Crippen molar-refractivity contribution in [3.8, 4) is 0 Å². The minimum Gasteiger partial charge on any atom is -0.481 e. The van der Waals surface area contributed by atoms with Crippen LogP contribution in [0.5, 0.6) is 0 Å². The standard InChI is InChI=1S/C17H21N3O4S/c1-10-11(2)25-17(18-10)20-16(24)12-6-3-4-7-13(12)19-14(21)8-5-9-15(22)23/h3-4,6-7,16,24H,5,8-9H2,1-2H3,(H,18,20)(H,19,21)(H,22,23). The maximum atomic E-state index is 12.0. The molecule has 25 heavy (non-hydrogen) atoms. The molecule has 1 atom stereocenters. The number of hydrogen-bond donors (Lipinski definition) is 4. The van der Waals surface area contributed by atoms with E-state index in [-0.39, 0.29) is 25.2 Å². The molecule has 1 unspecified atom stereocenters. The van der Waals surface area contributed by atoms with Crippen LogP contribution in [-0.2, 0) is 9.59 Å². The number of carboxylic acid groups (broad SMARTS) is 1. The highest BCUT2D eigenvalue weighted by Crippen LogP contribution is 2.28. The number of aliphatic hydroxyl groups is 1. The first-order chi connectivity index (χ1) is 11.9. The monoisotopic (exact) mass is 363 g/mol. The molecule has 0 aliphatic carbocycles. The second-order valence-corrected chi connectivity index (χ2v) is 6.79. The third-order valence-electron chi connectivity index (χ3n) is 3.61. The first kappa shape index (κ1) is 18.9. The molecular weight excluding hydrogens is 342 g/mol. The summed E-state index contributed by atoms with van der Waals surface area (Å²) in [5.74, 6) is -1.22. The van der Waals surface area contributed by atoms with Gasteiger partial charge in [0.1, 0.15) is 0 Å². The van der Waals surface area contributed by atoms with Crippen LogP contribution in [0.25, 0.3) is 0 Å². The van der Waals surface area contributed by atoms with Gasteiger partial charge in [-0.1, -0.05) is 18.2 Å². The van der Waals surface area contributed by atoms with Gasteiger partial charge in [0.25, 0.3) is 0 Å². The quantitative estimate of drug-likeness (QED) is 0.536. The average molecular weight is 363 g/mol. The van der Waals surface area contributed by atoms with Crippen LogP contribution in [0.4, 0.5) is 10.8 Å². The van der Waals surface area contributed by atoms with Gasteiger partial charge < -0.3 is 20.8 Å². The molecular formula is C17H21N3O4S. The number of carbonyl (C=O) groups excluding carboxylic acids is 1. The number of thiazole rings is 1. The fraction of sp³-hybridized carbons (Fsp3) is 0.353. The zero-order valence-corrected chi connectivity index (χ0v) is 14.9. The summed E-state index contributed by atoms with van der Waals surface area (Å²) in [5.41, 5.74) is 1.90. The predicted octanol–water partition coefficient (Wildman–Crippen LogP) is 3.06. The minimum absolute atomic E-state index is 0.0536. The van der Waals surface area contributed by atoms with E-state index in [9.17, 15) is 14.7 Å². The Morgan fingerprint density at radius 2 is 1.96 bits per heavy atom. The molecule has 8 heteroatoms. The zero-order valence-electron chi connectivity index (χ0n) is 14.1. The molecule has 134 valence electrons. The van der Waals surface area contributed by atoms with Crippen LogP contribution in [0.2, 0.25) is 0 Å². The number of nitrogens with one attached hydrogen (secondary N) is 2. The van der Waals surface area contributed by atoms with Gasteiger partial charge in [-0.15, -0.1) is 11.3 Å². The molecule has 0 saturated heterocycles. The van der Waals surface area contributed by atoms with Crippen molar-refractivity contribution in [2.24, 2.45) is 0 Å². The maximum Gasteiger partial charge on any atom is 0.303 e. The molecule has 0 fully saturated rings. The van der Waals surface area contributed by atoms with Gasteiger partial charge in [-0.3, -0.25) is 9.59 Å². The van der Waals surface area contributed by atoms with E-state index >= 15 is 0 Å². The van der Waals surface area contributed by atoms with Crippen molar-refractivity contribution in [2.45, 2.75) is 39.3 Å². The summed E-state index contributed by atoms with van der Waals surface area (Å²) < 4.78 is 0. The number of aromatic nitrogens is 1. The number of rotatable bonds is 8. The third kappa shape index (κ3) is 5.54. The van der Waals surface area contributed by atoms with Gasteiger partial charge in [0.15, 0.2) is 11.4 Å². The fourth-order valence-corrected chi connectivity index (χ4v) is 3.03. The molecule has 4 N–H and O–H groups in total. The predicted molar refractivity (Wildman–Crippen MR) is 96.7 cm³/mol. The van der Waals surface area contributed by atoms with E-state index in [1.54, 1.807) is 24.3 Å². The zero-order chi connectivity index (χ0) is 18.4. The number of hydrogen-bond acceptors (Lipinski definition) is 6. The lowest BCUT2D eigenvalue weighted by Gasteiger charge is -2.17. The molecule has 2 aromatic rings. The molecule has 1 aromatic carbocycles. The summed E-state index contributed by atoms with van der Waals surface area (Å²) in [6.45, 7) is 3.85. The van der Waals surface area contributed by atoms with Crippen LogP contribution in [0.1, 0.15) is 41.6 Å². The molecule has 0 radical (unpaired) electrons. The normalized spacial score (nSPS) is 11.8. The van der Waals surface area contributed by atoms with Gasteiger partial charge in [0, 0.05) is 29.0 Å². The van der Waals surface area contributed by atoms with E-state index in [0.29, 0.717) is 16.4 Å². The van der Waals surface area contributed by atoms with Crippen LogP contribution in [-0.4, -0.2) is 27.1 Å². The van der Waals surface area contributed by atoms with E-state index in [0.717, 1.165) is 10.6 Å². The summed E-state index contributed by atoms with van der Waals surface area (Å²) >= 11 is 1.45. The number of aliphatic carboxylic acids is 1. The molecule has 0 saturated carbocycles. The van der Waals surface area contributed by atoms with Crippen LogP contribution >= 0.6 is 11.3 Å². The van der Waals surface area contributed by atoms with Gasteiger partial charge in [0.2, 0.25) is 5.91 Å². The lowest BCUT2D eigenvalue weighted by Crippen LogP contribution is -2.17. The molecule has 0 bridgehead atoms.